The molecule has 2 aromatic rings. The van der Waals surface area contributed by atoms with Crippen molar-refractivity contribution in [3.63, 3.8) is 0 Å². The summed E-state index contributed by atoms with van der Waals surface area (Å²) >= 11 is 7.45. The van der Waals surface area contributed by atoms with Crippen molar-refractivity contribution < 1.29 is 23.9 Å². The van der Waals surface area contributed by atoms with E-state index in [1.54, 1.807) is 18.2 Å². The zero-order valence-corrected chi connectivity index (χ0v) is 17.5. The quantitative estimate of drug-likeness (QED) is 0.561. The van der Waals surface area contributed by atoms with E-state index in [9.17, 15) is 14.4 Å². The van der Waals surface area contributed by atoms with Gasteiger partial charge in [0.15, 0.2) is 5.78 Å². The van der Waals surface area contributed by atoms with Gasteiger partial charge in [-0.25, -0.2) is 0 Å². The SMILES string of the molecule is COc1cc(NC(=O)CCC(=O)CCC(=O)c2ccc(C)s2)c(OC)cc1Cl. The Hall–Kier alpha value is -2.38. The lowest BCUT2D eigenvalue weighted by Crippen LogP contribution is -2.14. The number of thiophene rings is 1. The molecular formula is C20H22ClNO5S. The highest BCUT2D eigenvalue weighted by atomic mass is 35.5. The minimum absolute atomic E-state index is 0.0131. The molecule has 0 atom stereocenters. The molecule has 1 heterocycles. The molecule has 0 saturated carbocycles. The first-order chi connectivity index (χ1) is 13.3. The molecular weight excluding hydrogens is 402 g/mol. The Morgan fingerprint density at radius 1 is 1.00 bits per heavy atom. The lowest BCUT2D eigenvalue weighted by atomic mass is 10.1. The van der Waals surface area contributed by atoms with Crippen LogP contribution < -0.4 is 14.8 Å². The molecule has 0 saturated heterocycles. The van der Waals surface area contributed by atoms with Crippen LogP contribution in [0.1, 0.15) is 40.2 Å². The zero-order valence-electron chi connectivity index (χ0n) is 16.0. The molecule has 1 amide bonds. The molecule has 1 N–H and O–H groups in total. The fourth-order valence-electron chi connectivity index (χ4n) is 2.51. The zero-order chi connectivity index (χ0) is 20.7. The number of anilines is 1. The molecule has 0 aliphatic carbocycles. The van der Waals surface area contributed by atoms with Crippen LogP contribution in [0.25, 0.3) is 0 Å². The minimum Gasteiger partial charge on any atom is -0.495 e. The van der Waals surface area contributed by atoms with E-state index < -0.39 is 0 Å². The van der Waals surface area contributed by atoms with Gasteiger partial charge >= 0.3 is 0 Å². The third-order valence-corrected chi connectivity index (χ3v) is 5.36. The van der Waals surface area contributed by atoms with E-state index in [-0.39, 0.29) is 43.2 Å². The molecule has 1 aromatic carbocycles. The first-order valence-corrected chi connectivity index (χ1v) is 9.86. The number of halogens is 1. The standard InChI is InChI=1S/C20H22ClNO5S/c1-12-4-8-19(28-12)16(24)7-5-13(23)6-9-20(25)22-15-11-17(26-2)14(21)10-18(15)27-3/h4,8,10-11H,5-7,9H2,1-3H3,(H,22,25). The van der Waals surface area contributed by atoms with Gasteiger partial charge in [0, 0.05) is 42.7 Å². The number of aryl methyl sites for hydroxylation is 1. The summed E-state index contributed by atoms with van der Waals surface area (Å²) in [7, 11) is 2.93. The van der Waals surface area contributed by atoms with Crippen LogP contribution in [0.2, 0.25) is 5.02 Å². The number of hydrogen-bond acceptors (Lipinski definition) is 6. The van der Waals surface area contributed by atoms with E-state index in [1.165, 1.54) is 25.6 Å². The Morgan fingerprint density at radius 3 is 2.29 bits per heavy atom. The molecule has 0 unspecified atom stereocenters. The number of amides is 1. The molecule has 28 heavy (non-hydrogen) atoms. The molecule has 0 aliphatic rings. The number of hydrogen-bond donors (Lipinski definition) is 1. The highest BCUT2D eigenvalue weighted by Crippen LogP contribution is 2.35. The maximum absolute atomic E-state index is 12.2. The molecule has 2 rings (SSSR count). The van der Waals surface area contributed by atoms with E-state index in [2.05, 4.69) is 5.32 Å². The monoisotopic (exact) mass is 423 g/mol. The van der Waals surface area contributed by atoms with Gasteiger partial charge in [-0.2, -0.15) is 0 Å². The lowest BCUT2D eigenvalue weighted by Gasteiger charge is -2.13. The van der Waals surface area contributed by atoms with Gasteiger partial charge in [0.1, 0.15) is 17.3 Å². The Balaban J connectivity index is 1.83. The summed E-state index contributed by atoms with van der Waals surface area (Å²) in [6.45, 7) is 1.93. The molecule has 1 aromatic heterocycles. The van der Waals surface area contributed by atoms with Crippen LogP contribution in [0.4, 0.5) is 5.69 Å². The second-order valence-electron chi connectivity index (χ2n) is 6.11. The second kappa shape index (κ2) is 10.2. The van der Waals surface area contributed by atoms with Crippen LogP contribution in [0, 0.1) is 6.92 Å². The molecule has 0 radical (unpaired) electrons. The van der Waals surface area contributed by atoms with E-state index in [1.807, 2.05) is 13.0 Å². The highest BCUT2D eigenvalue weighted by molar-refractivity contribution is 7.14. The topological polar surface area (TPSA) is 81.7 Å². The number of nitrogens with one attached hydrogen (secondary N) is 1. The predicted octanol–water partition coefficient (Wildman–Crippen LogP) is 4.68. The third kappa shape index (κ3) is 6.07. The first-order valence-electron chi connectivity index (χ1n) is 8.66. The van der Waals surface area contributed by atoms with Crippen molar-refractivity contribution in [1.82, 2.24) is 0 Å². The Morgan fingerprint density at radius 2 is 1.68 bits per heavy atom. The van der Waals surface area contributed by atoms with Crippen LogP contribution in [0.5, 0.6) is 11.5 Å². The van der Waals surface area contributed by atoms with Gasteiger partial charge in [-0.3, -0.25) is 14.4 Å². The van der Waals surface area contributed by atoms with Gasteiger partial charge in [-0.1, -0.05) is 11.6 Å². The average molecular weight is 424 g/mol. The Labute approximate surface area is 172 Å². The summed E-state index contributed by atoms with van der Waals surface area (Å²) in [4.78, 5) is 37.9. The first kappa shape index (κ1) is 21.9. The van der Waals surface area contributed by atoms with E-state index in [0.717, 1.165) is 4.88 Å². The molecule has 150 valence electrons. The van der Waals surface area contributed by atoms with Crippen molar-refractivity contribution in [2.45, 2.75) is 32.6 Å². The smallest absolute Gasteiger partial charge is 0.224 e. The molecule has 0 fully saturated rings. The van der Waals surface area contributed by atoms with Gasteiger partial charge in [0.2, 0.25) is 5.91 Å². The van der Waals surface area contributed by atoms with Crippen LogP contribution in [-0.2, 0) is 9.59 Å². The Kier molecular flexibility index (Phi) is 8.02. The number of benzene rings is 1. The fourth-order valence-corrected chi connectivity index (χ4v) is 3.58. The molecule has 0 bridgehead atoms. The number of carbonyl (C=O) groups is 3. The highest BCUT2D eigenvalue weighted by Gasteiger charge is 2.15. The van der Waals surface area contributed by atoms with Crippen LogP contribution in [0.15, 0.2) is 24.3 Å². The average Bonchev–Trinajstić information content (AvgIpc) is 3.11. The number of ether oxygens (including phenoxy) is 2. The van der Waals surface area contributed by atoms with Gasteiger partial charge in [0.05, 0.1) is 29.8 Å². The van der Waals surface area contributed by atoms with Crippen molar-refractivity contribution in [3.05, 3.63) is 39.0 Å². The number of carbonyl (C=O) groups excluding carboxylic acids is 3. The van der Waals surface area contributed by atoms with Crippen molar-refractivity contribution in [3.8, 4) is 11.5 Å². The molecule has 8 heteroatoms. The van der Waals surface area contributed by atoms with Crippen molar-refractivity contribution in [1.29, 1.82) is 0 Å². The minimum atomic E-state index is -0.337. The molecule has 6 nitrogen and oxygen atoms in total. The van der Waals surface area contributed by atoms with Crippen LogP contribution in [-0.4, -0.2) is 31.7 Å². The maximum atomic E-state index is 12.2. The van der Waals surface area contributed by atoms with Gasteiger partial charge in [0.25, 0.3) is 0 Å². The Bertz CT molecular complexity index is 877. The second-order valence-corrected chi connectivity index (χ2v) is 7.80. The van der Waals surface area contributed by atoms with E-state index in [4.69, 9.17) is 21.1 Å². The summed E-state index contributed by atoms with van der Waals surface area (Å²) in [5.74, 6) is 0.279. The number of methoxy groups -OCH3 is 2. The van der Waals surface area contributed by atoms with E-state index in [0.29, 0.717) is 27.1 Å². The van der Waals surface area contributed by atoms with Gasteiger partial charge in [-0.15, -0.1) is 11.3 Å². The summed E-state index contributed by atoms with van der Waals surface area (Å²) < 4.78 is 10.3. The third-order valence-electron chi connectivity index (χ3n) is 4.02. The normalized spacial score (nSPS) is 10.4. The van der Waals surface area contributed by atoms with Gasteiger partial charge in [-0.05, 0) is 19.1 Å². The van der Waals surface area contributed by atoms with Crippen molar-refractivity contribution >= 4 is 46.1 Å². The van der Waals surface area contributed by atoms with Gasteiger partial charge < -0.3 is 14.8 Å². The van der Waals surface area contributed by atoms with E-state index >= 15 is 0 Å². The largest absolute Gasteiger partial charge is 0.495 e. The van der Waals surface area contributed by atoms with Crippen LogP contribution in [0.3, 0.4) is 0 Å². The molecule has 0 spiro atoms. The summed E-state index contributed by atoms with van der Waals surface area (Å²) in [5, 5.41) is 3.05. The van der Waals surface area contributed by atoms with Crippen molar-refractivity contribution in [2.24, 2.45) is 0 Å². The summed E-state index contributed by atoms with van der Waals surface area (Å²) in [6, 6.07) is 6.75. The number of Topliss-reactive ketones (excluding diaryl/α,β-unsaturated/α-hetero) is 2. The molecule has 0 aliphatic heterocycles. The number of rotatable bonds is 10. The maximum Gasteiger partial charge on any atom is 0.224 e. The summed E-state index contributed by atoms with van der Waals surface area (Å²) in [5.41, 5.74) is 0.407. The summed E-state index contributed by atoms with van der Waals surface area (Å²) in [6.07, 6.45) is 0.360. The number of ketones is 2. The fraction of sp³-hybridized carbons (Fsp3) is 0.350. The lowest BCUT2D eigenvalue weighted by molar-refractivity contribution is -0.122. The van der Waals surface area contributed by atoms with Crippen LogP contribution >= 0.6 is 22.9 Å². The predicted molar refractivity (Wildman–Crippen MR) is 110 cm³/mol. The van der Waals surface area contributed by atoms with Crippen molar-refractivity contribution in [2.75, 3.05) is 19.5 Å².